The molecule has 1 saturated heterocycles. The van der Waals surface area contributed by atoms with Gasteiger partial charge in [-0.2, -0.15) is 0 Å². The zero-order valence-electron chi connectivity index (χ0n) is 24.9. The van der Waals surface area contributed by atoms with E-state index < -0.39 is 4.92 Å². The first-order chi connectivity index (χ1) is 18.5. The second kappa shape index (κ2) is 13.5. The molecule has 1 unspecified atom stereocenters. The minimum atomic E-state index is -0.418. The minimum Gasteiger partial charge on any atom is -0.517 e. The van der Waals surface area contributed by atoms with E-state index in [0.717, 1.165) is 18.8 Å². The summed E-state index contributed by atoms with van der Waals surface area (Å²) in [7, 11) is 0. The predicted molar refractivity (Wildman–Crippen MR) is 159 cm³/mol. The smallest absolute Gasteiger partial charge is 0.0140 e. The minimum absolute atomic E-state index is 0.0526. The van der Waals surface area contributed by atoms with E-state index >= 15 is 0 Å². The Hall–Kier alpha value is -2.07. The number of nitro groups is 1. The molecule has 1 aliphatic carbocycles. The molecule has 2 aromatic carbocycles. The monoisotopic (exact) mass is 621 g/mol. The summed E-state index contributed by atoms with van der Waals surface area (Å²) in [6.45, 7) is 18.5. The van der Waals surface area contributed by atoms with Gasteiger partial charge in [-0.3, -0.25) is 0 Å². The Morgan fingerprint density at radius 3 is 2.23 bits per heavy atom. The van der Waals surface area contributed by atoms with Crippen molar-refractivity contribution in [3.05, 3.63) is 69.7 Å². The molecular weight excluding hydrogens is 573 g/mol. The van der Waals surface area contributed by atoms with Crippen molar-refractivity contribution < 1.29 is 27.5 Å². The average Bonchev–Trinajstić information content (AvgIpc) is 3.17. The average molecular weight is 621 g/mol. The maximum Gasteiger partial charge on any atom is 0.0140 e. The molecular formula is C33H47N2O3Ru. The van der Waals surface area contributed by atoms with Crippen LogP contribution in [0.25, 0.3) is 0 Å². The standard InChI is InChI=1S/C23H36N.C10H11NO3.Ru/c1-6-18-12-11-13-19(7-2)21(18)24-17-23(5,16-22(24,3)4)20-14-9-8-10-15-20;1-7(2)14-10-5-4-9(11(12)13)6-8(10)3;/h11-13,17,20H,6-10,14-16H2,1-5H3;3-7H,1-2H3;/q-1;;+1. The Labute approximate surface area is 246 Å². The molecule has 0 amide bonds. The third-order valence-corrected chi connectivity index (χ3v) is 8.85. The van der Waals surface area contributed by atoms with Crippen LogP contribution in [0.15, 0.2) is 36.4 Å². The fourth-order valence-corrected chi connectivity index (χ4v) is 6.92. The molecule has 0 N–H and O–H groups in total. The van der Waals surface area contributed by atoms with Gasteiger partial charge in [-0.25, -0.2) is 6.54 Å². The molecule has 2 aliphatic rings. The molecule has 2 aromatic rings. The topological polar surface area (TPSA) is 55.6 Å². The molecule has 4 rings (SSSR count). The molecule has 39 heavy (non-hydrogen) atoms. The van der Waals surface area contributed by atoms with Gasteiger partial charge < -0.3 is 4.90 Å². The number of hydrogen-bond acceptors (Lipinski definition) is 4. The molecule has 0 spiro atoms. The second-order valence-electron chi connectivity index (χ2n) is 12.2. The van der Waals surface area contributed by atoms with Crippen LogP contribution in [-0.4, -0.2) is 21.2 Å². The zero-order chi connectivity index (χ0) is 28.8. The van der Waals surface area contributed by atoms with Crippen molar-refractivity contribution in [3.63, 3.8) is 0 Å². The van der Waals surface area contributed by atoms with Gasteiger partial charge in [0.1, 0.15) is 0 Å². The SMILES string of the molecule is CC(C)Oc1ccc([N+](=O)[O-])cc1[CH]=[Ru+].CCc1cccc(CC)c1N1[CH-]C(C)(C2CCCCC2)CC1(C)C. The van der Waals surface area contributed by atoms with E-state index in [0.29, 0.717) is 16.7 Å². The molecule has 1 heterocycles. The summed E-state index contributed by atoms with van der Waals surface area (Å²) in [5.41, 5.74) is 5.87. The summed E-state index contributed by atoms with van der Waals surface area (Å²) in [6.07, 6.45) is 10.7. The van der Waals surface area contributed by atoms with Crippen LogP contribution < -0.4 is 9.64 Å². The van der Waals surface area contributed by atoms with Gasteiger partial charge in [0.2, 0.25) is 0 Å². The van der Waals surface area contributed by atoms with Crippen molar-refractivity contribution in [1.29, 1.82) is 0 Å². The Bertz CT molecular complexity index is 1120. The van der Waals surface area contributed by atoms with E-state index in [9.17, 15) is 10.1 Å². The molecule has 0 bridgehead atoms. The summed E-state index contributed by atoms with van der Waals surface area (Å²) in [4.78, 5) is 12.8. The fraction of sp³-hybridized carbons (Fsp3) is 0.576. The van der Waals surface area contributed by atoms with Crippen molar-refractivity contribution >= 4 is 16.0 Å². The van der Waals surface area contributed by atoms with Crippen LogP contribution in [0.3, 0.4) is 0 Å². The summed E-state index contributed by atoms with van der Waals surface area (Å²) >= 11 is 2.32. The predicted octanol–water partition coefficient (Wildman–Crippen LogP) is 8.63. The van der Waals surface area contributed by atoms with Crippen LogP contribution in [-0.2, 0) is 30.7 Å². The van der Waals surface area contributed by atoms with Gasteiger partial charge in [0.25, 0.3) is 0 Å². The third-order valence-electron chi connectivity index (χ3n) is 8.31. The van der Waals surface area contributed by atoms with E-state index in [1.165, 1.54) is 67.5 Å². The third kappa shape index (κ3) is 7.57. The molecule has 2 fully saturated rings. The molecule has 5 nitrogen and oxygen atoms in total. The summed E-state index contributed by atoms with van der Waals surface area (Å²) in [5.74, 6) is 1.53. The van der Waals surface area contributed by atoms with Crippen LogP contribution in [0, 0.1) is 28.0 Å². The van der Waals surface area contributed by atoms with E-state index in [1.54, 1.807) is 10.7 Å². The van der Waals surface area contributed by atoms with E-state index in [4.69, 9.17) is 4.74 Å². The van der Waals surface area contributed by atoms with Crippen LogP contribution in [0.4, 0.5) is 11.4 Å². The van der Waals surface area contributed by atoms with E-state index in [2.05, 4.69) is 82.1 Å². The van der Waals surface area contributed by atoms with Crippen LogP contribution in [0.2, 0.25) is 0 Å². The molecule has 1 aliphatic heterocycles. The Kier molecular flexibility index (Phi) is 10.9. The number of rotatable bonds is 8. The Morgan fingerprint density at radius 2 is 1.72 bits per heavy atom. The number of non-ortho nitro benzene ring substituents is 1. The quantitative estimate of drug-likeness (QED) is 0.128. The van der Waals surface area contributed by atoms with Crippen molar-refractivity contribution in [3.8, 4) is 5.75 Å². The maximum atomic E-state index is 10.5. The Balaban J connectivity index is 0.000000242. The van der Waals surface area contributed by atoms with Gasteiger partial charge in [-0.05, 0) is 37.8 Å². The van der Waals surface area contributed by atoms with Crippen LogP contribution in [0.5, 0.6) is 5.75 Å². The normalized spacial score (nSPS) is 20.9. The van der Waals surface area contributed by atoms with Gasteiger partial charge in [-0.1, -0.05) is 83.4 Å². The number of nitrogens with zero attached hydrogens (tertiary/aromatic N) is 2. The summed E-state index contributed by atoms with van der Waals surface area (Å²) < 4.78 is 7.23. The molecule has 1 saturated carbocycles. The zero-order valence-corrected chi connectivity index (χ0v) is 26.6. The Morgan fingerprint density at radius 1 is 1.10 bits per heavy atom. The molecule has 0 radical (unpaired) electrons. The molecule has 215 valence electrons. The van der Waals surface area contributed by atoms with Gasteiger partial charge in [-0.15, -0.1) is 5.41 Å². The number of hydrogen-bond donors (Lipinski definition) is 0. The number of ether oxygens (including phenoxy) is 1. The van der Waals surface area contributed by atoms with Crippen molar-refractivity contribution in [2.75, 3.05) is 4.90 Å². The van der Waals surface area contributed by atoms with Crippen molar-refractivity contribution in [2.45, 2.75) is 111 Å². The first-order valence-electron chi connectivity index (χ1n) is 14.6. The number of aryl methyl sites for hydroxylation is 2. The number of para-hydroxylation sites is 1. The molecule has 0 aromatic heterocycles. The van der Waals surface area contributed by atoms with Crippen LogP contribution >= 0.6 is 0 Å². The number of anilines is 1. The van der Waals surface area contributed by atoms with Gasteiger partial charge >= 0.3 is 97.4 Å². The van der Waals surface area contributed by atoms with Gasteiger partial charge in [0.05, 0.1) is 0 Å². The van der Waals surface area contributed by atoms with Crippen molar-refractivity contribution in [2.24, 2.45) is 11.3 Å². The number of nitro benzene ring substituents is 1. The van der Waals surface area contributed by atoms with E-state index in [-0.39, 0.29) is 17.3 Å². The summed E-state index contributed by atoms with van der Waals surface area (Å²) in [5, 5.41) is 10.5. The summed E-state index contributed by atoms with van der Waals surface area (Å²) in [6, 6.07) is 11.5. The molecule has 1 atom stereocenters. The van der Waals surface area contributed by atoms with E-state index in [1.807, 2.05) is 13.8 Å². The first-order valence-corrected chi connectivity index (χ1v) is 15.6. The van der Waals surface area contributed by atoms with Gasteiger partial charge in [0.15, 0.2) is 0 Å². The first kappa shape index (κ1) is 31.5. The maximum absolute atomic E-state index is 10.5. The van der Waals surface area contributed by atoms with Crippen LogP contribution in [0.1, 0.15) is 104 Å². The largest absolute Gasteiger partial charge is 0.517 e. The molecule has 6 heteroatoms. The van der Waals surface area contributed by atoms with Gasteiger partial charge in [0, 0.05) is 11.2 Å². The second-order valence-corrected chi connectivity index (χ2v) is 12.7. The van der Waals surface area contributed by atoms with Crippen molar-refractivity contribution in [1.82, 2.24) is 0 Å². The fourth-order valence-electron chi connectivity index (χ4n) is 6.53. The number of benzene rings is 2.